The van der Waals surface area contributed by atoms with Gasteiger partial charge in [-0.3, -0.25) is 4.79 Å². The maximum absolute atomic E-state index is 12.7. The van der Waals surface area contributed by atoms with Crippen LogP contribution in [0.25, 0.3) is 0 Å². The SMILES string of the molecule is CC(C)(C)OC(=O)N1CCC[C@H](C(=O)NCc2ccc(N3CCCCCC3)nc2)C1. The standard InChI is InChI=1S/C23H36N4O3/c1-23(2,3)30-22(29)27-14-8-9-19(17-27)21(28)25-16-18-10-11-20(24-15-18)26-12-6-4-5-7-13-26/h10-11,15,19H,4-9,12-14,16-17H2,1-3H3,(H,25,28)/t19-/m0/s1. The van der Waals surface area contributed by atoms with E-state index in [0.717, 1.165) is 37.3 Å². The molecule has 7 heteroatoms. The van der Waals surface area contributed by atoms with Crippen molar-refractivity contribution in [3.8, 4) is 0 Å². The molecule has 2 saturated heterocycles. The molecule has 0 spiro atoms. The minimum atomic E-state index is -0.529. The number of piperidine rings is 1. The van der Waals surface area contributed by atoms with Crippen LogP contribution in [0.5, 0.6) is 0 Å². The third-order valence-electron chi connectivity index (χ3n) is 5.65. The smallest absolute Gasteiger partial charge is 0.410 e. The van der Waals surface area contributed by atoms with Crippen LogP contribution in [0.3, 0.4) is 0 Å². The molecule has 0 unspecified atom stereocenters. The Morgan fingerprint density at radius 2 is 1.83 bits per heavy atom. The highest BCUT2D eigenvalue weighted by molar-refractivity contribution is 5.80. The zero-order valence-electron chi connectivity index (χ0n) is 18.7. The molecular weight excluding hydrogens is 380 g/mol. The first kappa shape index (κ1) is 22.4. The number of carbonyl (C=O) groups excluding carboxylic acids is 2. The first-order valence-corrected chi connectivity index (χ1v) is 11.3. The first-order chi connectivity index (χ1) is 14.3. The molecule has 2 amide bonds. The molecule has 1 N–H and O–H groups in total. The van der Waals surface area contributed by atoms with Crippen LogP contribution in [0.1, 0.15) is 64.9 Å². The Kier molecular flexibility index (Phi) is 7.56. The Morgan fingerprint density at radius 3 is 2.47 bits per heavy atom. The van der Waals surface area contributed by atoms with Crippen LogP contribution in [0, 0.1) is 5.92 Å². The maximum Gasteiger partial charge on any atom is 0.410 e. The number of ether oxygens (including phenoxy) is 1. The summed E-state index contributed by atoms with van der Waals surface area (Å²) in [4.78, 5) is 33.6. The van der Waals surface area contributed by atoms with Gasteiger partial charge in [-0.15, -0.1) is 0 Å². The minimum Gasteiger partial charge on any atom is -0.444 e. The highest BCUT2D eigenvalue weighted by Gasteiger charge is 2.30. The summed E-state index contributed by atoms with van der Waals surface area (Å²) in [5, 5.41) is 3.01. The van der Waals surface area contributed by atoms with Crippen molar-refractivity contribution < 1.29 is 14.3 Å². The van der Waals surface area contributed by atoms with Crippen molar-refractivity contribution in [2.75, 3.05) is 31.1 Å². The van der Waals surface area contributed by atoms with Crippen molar-refractivity contribution >= 4 is 17.8 Å². The summed E-state index contributed by atoms with van der Waals surface area (Å²) < 4.78 is 5.45. The van der Waals surface area contributed by atoms with E-state index in [1.54, 1.807) is 4.90 Å². The normalized spacial score (nSPS) is 20.4. The second kappa shape index (κ2) is 10.1. The van der Waals surface area contributed by atoms with Crippen molar-refractivity contribution in [3.05, 3.63) is 23.9 Å². The van der Waals surface area contributed by atoms with Crippen LogP contribution in [0.4, 0.5) is 10.6 Å². The third-order valence-corrected chi connectivity index (χ3v) is 5.65. The van der Waals surface area contributed by atoms with Gasteiger partial charge in [0.2, 0.25) is 5.91 Å². The van der Waals surface area contributed by atoms with Crippen LogP contribution in [0.2, 0.25) is 0 Å². The summed E-state index contributed by atoms with van der Waals surface area (Å²) in [7, 11) is 0. The number of aromatic nitrogens is 1. The molecule has 166 valence electrons. The number of carbonyl (C=O) groups is 2. The number of likely N-dealkylation sites (tertiary alicyclic amines) is 1. The van der Waals surface area contributed by atoms with Crippen molar-refractivity contribution in [2.45, 2.75) is 71.4 Å². The lowest BCUT2D eigenvalue weighted by atomic mass is 9.97. The number of amides is 2. The summed E-state index contributed by atoms with van der Waals surface area (Å²) in [6, 6.07) is 4.10. The summed E-state index contributed by atoms with van der Waals surface area (Å²) in [5.74, 6) is 0.808. The molecule has 0 saturated carbocycles. The number of nitrogens with zero attached hydrogens (tertiary/aromatic N) is 3. The van der Waals surface area contributed by atoms with E-state index < -0.39 is 5.60 Å². The van der Waals surface area contributed by atoms with Gasteiger partial charge in [-0.1, -0.05) is 18.9 Å². The monoisotopic (exact) mass is 416 g/mol. The molecule has 7 nitrogen and oxygen atoms in total. The van der Waals surface area contributed by atoms with Crippen molar-refractivity contribution in [3.63, 3.8) is 0 Å². The van der Waals surface area contributed by atoms with Crippen molar-refractivity contribution in [1.82, 2.24) is 15.2 Å². The van der Waals surface area contributed by atoms with Gasteiger partial charge in [0.1, 0.15) is 11.4 Å². The van der Waals surface area contributed by atoms with E-state index in [2.05, 4.69) is 21.3 Å². The lowest BCUT2D eigenvalue weighted by Gasteiger charge is -2.33. The quantitative estimate of drug-likeness (QED) is 0.810. The molecule has 0 aliphatic carbocycles. The second-order valence-electron chi connectivity index (χ2n) is 9.41. The maximum atomic E-state index is 12.7. The molecule has 0 bridgehead atoms. The summed E-state index contributed by atoms with van der Waals surface area (Å²) in [6.45, 7) is 9.20. The first-order valence-electron chi connectivity index (χ1n) is 11.3. The highest BCUT2D eigenvalue weighted by atomic mass is 16.6. The summed E-state index contributed by atoms with van der Waals surface area (Å²) in [6.07, 6.45) is 8.16. The average molecular weight is 417 g/mol. The predicted molar refractivity (Wildman–Crippen MR) is 117 cm³/mol. The molecule has 30 heavy (non-hydrogen) atoms. The van der Waals surface area contributed by atoms with Crippen molar-refractivity contribution in [2.24, 2.45) is 5.92 Å². The zero-order chi connectivity index (χ0) is 21.6. The predicted octanol–water partition coefficient (Wildman–Crippen LogP) is 3.73. The van der Waals surface area contributed by atoms with E-state index in [1.807, 2.05) is 33.0 Å². The molecule has 2 fully saturated rings. The fraction of sp³-hybridized carbons (Fsp3) is 0.696. The third kappa shape index (κ3) is 6.61. The Morgan fingerprint density at radius 1 is 1.10 bits per heavy atom. The van der Waals surface area contributed by atoms with Gasteiger partial charge in [0, 0.05) is 38.9 Å². The Balaban J connectivity index is 1.48. The van der Waals surface area contributed by atoms with Crippen LogP contribution in [-0.2, 0) is 16.1 Å². The van der Waals surface area contributed by atoms with Crippen LogP contribution in [-0.4, -0.2) is 53.7 Å². The molecule has 3 rings (SSSR count). The Hall–Kier alpha value is -2.31. The molecular formula is C23H36N4O3. The molecule has 1 aromatic heterocycles. The van der Waals surface area contributed by atoms with Gasteiger partial charge in [0.05, 0.1) is 5.92 Å². The average Bonchev–Trinajstić information content (AvgIpc) is 3.01. The van der Waals surface area contributed by atoms with E-state index >= 15 is 0 Å². The van der Waals surface area contributed by atoms with Crippen LogP contribution in [0.15, 0.2) is 18.3 Å². The van der Waals surface area contributed by atoms with Gasteiger partial charge >= 0.3 is 6.09 Å². The molecule has 3 heterocycles. The zero-order valence-corrected chi connectivity index (χ0v) is 18.7. The number of rotatable bonds is 4. The van der Waals surface area contributed by atoms with Gasteiger partial charge in [0.25, 0.3) is 0 Å². The van der Waals surface area contributed by atoms with Crippen molar-refractivity contribution in [1.29, 1.82) is 0 Å². The lowest BCUT2D eigenvalue weighted by molar-refractivity contribution is -0.126. The van der Waals surface area contributed by atoms with Crippen LogP contribution < -0.4 is 10.2 Å². The van der Waals surface area contributed by atoms with E-state index in [-0.39, 0.29) is 17.9 Å². The van der Waals surface area contributed by atoms with Gasteiger partial charge < -0.3 is 19.9 Å². The molecule has 2 aliphatic rings. The number of anilines is 1. The molecule has 1 aromatic rings. The fourth-order valence-electron chi connectivity index (χ4n) is 4.03. The van der Waals surface area contributed by atoms with E-state index in [1.165, 1.54) is 25.7 Å². The summed E-state index contributed by atoms with van der Waals surface area (Å²) in [5.41, 5.74) is 0.459. The van der Waals surface area contributed by atoms with Gasteiger partial charge in [0.15, 0.2) is 0 Å². The molecule has 2 aliphatic heterocycles. The van der Waals surface area contributed by atoms with Crippen LogP contribution >= 0.6 is 0 Å². The number of hydrogen-bond acceptors (Lipinski definition) is 5. The highest BCUT2D eigenvalue weighted by Crippen LogP contribution is 2.20. The van der Waals surface area contributed by atoms with E-state index in [4.69, 9.17) is 4.74 Å². The topological polar surface area (TPSA) is 74.8 Å². The number of nitrogens with one attached hydrogen (secondary N) is 1. The summed E-state index contributed by atoms with van der Waals surface area (Å²) >= 11 is 0. The van der Waals surface area contributed by atoms with Gasteiger partial charge in [-0.25, -0.2) is 9.78 Å². The van der Waals surface area contributed by atoms with E-state index in [0.29, 0.717) is 19.6 Å². The molecule has 1 atom stereocenters. The largest absolute Gasteiger partial charge is 0.444 e. The van der Waals surface area contributed by atoms with Gasteiger partial charge in [-0.05, 0) is 58.1 Å². The van der Waals surface area contributed by atoms with E-state index in [9.17, 15) is 9.59 Å². The van der Waals surface area contributed by atoms with Gasteiger partial charge in [-0.2, -0.15) is 0 Å². The lowest BCUT2D eigenvalue weighted by Crippen LogP contribution is -2.46. The number of hydrogen-bond donors (Lipinski definition) is 1. The number of pyridine rings is 1. The Labute approximate surface area is 180 Å². The minimum absolute atomic E-state index is 0.0140. The molecule has 0 aromatic carbocycles. The Bertz CT molecular complexity index is 706. The fourth-order valence-corrected chi connectivity index (χ4v) is 4.03. The second-order valence-corrected chi connectivity index (χ2v) is 9.41. The molecule has 0 radical (unpaired) electrons.